The number of carbonyl (C=O) groups excluding carboxylic acids is 1. The van der Waals surface area contributed by atoms with Crippen molar-refractivity contribution in [2.75, 3.05) is 5.32 Å². The summed E-state index contributed by atoms with van der Waals surface area (Å²) in [6, 6.07) is 8.41. The Kier molecular flexibility index (Phi) is 6.41. The Bertz CT molecular complexity index is 956. The first-order valence-corrected chi connectivity index (χ1v) is 10.7. The molecule has 0 atom stereocenters. The van der Waals surface area contributed by atoms with Crippen molar-refractivity contribution in [3.8, 4) is 0 Å². The summed E-state index contributed by atoms with van der Waals surface area (Å²) in [6.45, 7) is 0. The van der Waals surface area contributed by atoms with Gasteiger partial charge in [0.1, 0.15) is 11.6 Å². The number of hydrogen-bond donors (Lipinski definition) is 2. The van der Waals surface area contributed by atoms with Crippen molar-refractivity contribution in [3.05, 3.63) is 59.7 Å². The van der Waals surface area contributed by atoms with Gasteiger partial charge in [0.25, 0.3) is 5.91 Å². The third-order valence-electron chi connectivity index (χ3n) is 4.79. The van der Waals surface area contributed by atoms with Crippen LogP contribution in [0.5, 0.6) is 0 Å². The van der Waals surface area contributed by atoms with E-state index < -0.39 is 27.6 Å². The Morgan fingerprint density at radius 1 is 0.929 bits per heavy atom. The molecule has 0 aliphatic heterocycles. The summed E-state index contributed by atoms with van der Waals surface area (Å²) in [5, 5.41) is 2.27. The Morgan fingerprint density at radius 3 is 2.25 bits per heavy atom. The van der Waals surface area contributed by atoms with E-state index in [9.17, 15) is 22.0 Å². The van der Waals surface area contributed by atoms with E-state index in [1.807, 2.05) is 0 Å². The Hall–Kier alpha value is -2.32. The first kappa shape index (κ1) is 20.4. The second kappa shape index (κ2) is 8.79. The second-order valence-corrected chi connectivity index (χ2v) is 8.60. The SMILES string of the molecule is O=C(Nc1ccc(S(=O)(=O)NC2CCCCCC2)cc1F)c1ccccc1F. The molecular formula is C20H22F2N2O3S. The van der Waals surface area contributed by atoms with E-state index in [2.05, 4.69) is 10.0 Å². The fourth-order valence-electron chi connectivity index (χ4n) is 3.28. The van der Waals surface area contributed by atoms with Crippen LogP contribution in [0.2, 0.25) is 0 Å². The van der Waals surface area contributed by atoms with E-state index in [1.54, 1.807) is 0 Å². The summed E-state index contributed by atoms with van der Waals surface area (Å²) in [5.74, 6) is -2.45. The predicted molar refractivity (Wildman–Crippen MR) is 103 cm³/mol. The lowest BCUT2D eigenvalue weighted by atomic mass is 10.1. The molecule has 1 aliphatic rings. The van der Waals surface area contributed by atoms with Gasteiger partial charge >= 0.3 is 0 Å². The minimum atomic E-state index is -3.87. The summed E-state index contributed by atoms with van der Waals surface area (Å²) in [4.78, 5) is 11.9. The van der Waals surface area contributed by atoms with Crippen LogP contribution in [0.3, 0.4) is 0 Å². The molecule has 150 valence electrons. The van der Waals surface area contributed by atoms with Crippen LogP contribution < -0.4 is 10.0 Å². The van der Waals surface area contributed by atoms with Crippen LogP contribution >= 0.6 is 0 Å². The molecule has 0 bridgehead atoms. The average molecular weight is 408 g/mol. The first-order valence-electron chi connectivity index (χ1n) is 9.24. The van der Waals surface area contributed by atoms with Gasteiger partial charge in [-0.3, -0.25) is 4.79 Å². The minimum Gasteiger partial charge on any atom is -0.319 e. The molecule has 0 radical (unpaired) electrons. The third-order valence-corrected chi connectivity index (χ3v) is 6.31. The normalized spacial score (nSPS) is 15.8. The molecule has 28 heavy (non-hydrogen) atoms. The summed E-state index contributed by atoms with van der Waals surface area (Å²) >= 11 is 0. The molecule has 0 heterocycles. The molecule has 1 aliphatic carbocycles. The quantitative estimate of drug-likeness (QED) is 0.728. The molecule has 8 heteroatoms. The van der Waals surface area contributed by atoms with Gasteiger partial charge < -0.3 is 5.32 Å². The number of anilines is 1. The van der Waals surface area contributed by atoms with Crippen molar-refractivity contribution in [1.82, 2.24) is 4.72 Å². The van der Waals surface area contributed by atoms with Gasteiger partial charge in [-0.15, -0.1) is 0 Å². The average Bonchev–Trinajstić information content (AvgIpc) is 2.91. The summed E-state index contributed by atoms with van der Waals surface area (Å²) in [5.41, 5.74) is -0.449. The predicted octanol–water partition coefficient (Wildman–Crippen LogP) is 4.22. The zero-order valence-corrected chi connectivity index (χ0v) is 16.1. The number of sulfonamides is 1. The molecular weight excluding hydrogens is 386 g/mol. The van der Waals surface area contributed by atoms with E-state index >= 15 is 0 Å². The van der Waals surface area contributed by atoms with Crippen LogP contribution in [0.15, 0.2) is 47.4 Å². The van der Waals surface area contributed by atoms with Gasteiger partial charge in [0, 0.05) is 6.04 Å². The molecule has 0 unspecified atom stereocenters. The van der Waals surface area contributed by atoms with Gasteiger partial charge in [-0.25, -0.2) is 21.9 Å². The highest BCUT2D eigenvalue weighted by molar-refractivity contribution is 7.89. The maximum Gasteiger partial charge on any atom is 0.258 e. The van der Waals surface area contributed by atoms with Gasteiger partial charge in [-0.1, -0.05) is 37.8 Å². The fourth-order valence-corrected chi connectivity index (χ4v) is 4.60. The van der Waals surface area contributed by atoms with Crippen LogP contribution in [0.1, 0.15) is 48.9 Å². The number of benzene rings is 2. The lowest BCUT2D eigenvalue weighted by Crippen LogP contribution is -2.34. The molecule has 1 saturated carbocycles. The number of amides is 1. The molecule has 5 nitrogen and oxygen atoms in total. The van der Waals surface area contributed by atoms with Gasteiger partial charge in [0.05, 0.1) is 16.1 Å². The van der Waals surface area contributed by atoms with Crippen LogP contribution in [0.4, 0.5) is 14.5 Å². The third kappa shape index (κ3) is 4.94. The number of carbonyl (C=O) groups is 1. The second-order valence-electron chi connectivity index (χ2n) is 6.89. The number of rotatable bonds is 5. The highest BCUT2D eigenvalue weighted by atomic mass is 32.2. The van der Waals surface area contributed by atoms with Gasteiger partial charge in [-0.05, 0) is 43.2 Å². The van der Waals surface area contributed by atoms with Crippen molar-refractivity contribution in [2.24, 2.45) is 0 Å². The van der Waals surface area contributed by atoms with Crippen molar-refractivity contribution in [3.63, 3.8) is 0 Å². The standard InChI is InChI=1S/C20H22F2N2O3S/c21-17-10-6-5-9-16(17)20(25)23-19-12-11-15(13-18(19)22)28(26,27)24-14-7-3-1-2-4-8-14/h5-6,9-14,24H,1-4,7-8H2,(H,23,25). The molecule has 0 aromatic heterocycles. The topological polar surface area (TPSA) is 75.3 Å². The lowest BCUT2D eigenvalue weighted by molar-refractivity contribution is 0.102. The van der Waals surface area contributed by atoms with Gasteiger partial charge in [0.2, 0.25) is 10.0 Å². The lowest BCUT2D eigenvalue weighted by Gasteiger charge is -2.17. The first-order chi connectivity index (χ1) is 13.4. The zero-order chi connectivity index (χ0) is 20.1. The van der Waals surface area contributed by atoms with Crippen molar-refractivity contribution < 1.29 is 22.0 Å². The molecule has 1 amide bonds. The Labute approximate surface area is 163 Å². The van der Waals surface area contributed by atoms with Crippen LogP contribution in [-0.2, 0) is 10.0 Å². The number of halogens is 2. The summed E-state index contributed by atoms with van der Waals surface area (Å²) in [6.07, 6.45) is 5.62. The van der Waals surface area contributed by atoms with E-state index in [-0.39, 0.29) is 22.2 Å². The van der Waals surface area contributed by atoms with Crippen molar-refractivity contribution >= 4 is 21.6 Å². The highest BCUT2D eigenvalue weighted by Crippen LogP contribution is 2.23. The number of hydrogen-bond acceptors (Lipinski definition) is 3. The molecule has 1 fully saturated rings. The highest BCUT2D eigenvalue weighted by Gasteiger charge is 2.22. The van der Waals surface area contributed by atoms with Crippen molar-refractivity contribution in [2.45, 2.75) is 49.5 Å². The maximum atomic E-state index is 14.4. The van der Waals surface area contributed by atoms with Gasteiger partial charge in [-0.2, -0.15) is 0 Å². The fraction of sp³-hybridized carbons (Fsp3) is 0.350. The van der Waals surface area contributed by atoms with E-state index in [0.717, 1.165) is 56.7 Å². The van der Waals surface area contributed by atoms with Crippen molar-refractivity contribution in [1.29, 1.82) is 0 Å². The summed E-state index contributed by atoms with van der Waals surface area (Å²) < 4.78 is 55.8. The van der Waals surface area contributed by atoms with E-state index in [0.29, 0.717) is 0 Å². The van der Waals surface area contributed by atoms with Crippen LogP contribution in [-0.4, -0.2) is 20.4 Å². The Morgan fingerprint density at radius 2 is 1.61 bits per heavy atom. The molecule has 3 rings (SSSR count). The maximum absolute atomic E-state index is 14.4. The molecule has 0 saturated heterocycles. The minimum absolute atomic E-state index is 0.156. The zero-order valence-electron chi connectivity index (χ0n) is 15.3. The number of nitrogens with one attached hydrogen (secondary N) is 2. The molecule has 2 N–H and O–H groups in total. The molecule has 2 aromatic carbocycles. The molecule has 0 spiro atoms. The Balaban J connectivity index is 1.74. The monoisotopic (exact) mass is 408 g/mol. The summed E-state index contributed by atoms with van der Waals surface area (Å²) in [7, 11) is -3.87. The van der Waals surface area contributed by atoms with Crippen LogP contribution in [0.25, 0.3) is 0 Å². The van der Waals surface area contributed by atoms with E-state index in [4.69, 9.17) is 0 Å². The smallest absolute Gasteiger partial charge is 0.258 e. The van der Waals surface area contributed by atoms with Crippen LogP contribution in [0, 0.1) is 11.6 Å². The molecule has 2 aromatic rings. The van der Waals surface area contributed by atoms with Gasteiger partial charge in [0.15, 0.2) is 0 Å². The van der Waals surface area contributed by atoms with E-state index in [1.165, 1.54) is 24.3 Å². The largest absolute Gasteiger partial charge is 0.319 e.